The van der Waals surface area contributed by atoms with Crippen LogP contribution in [0.5, 0.6) is 0 Å². The molecule has 5 heteroatoms. The molecule has 1 heterocycles. The van der Waals surface area contributed by atoms with Crippen LogP contribution in [0.4, 0.5) is 5.69 Å². The minimum absolute atomic E-state index is 0.260. The highest BCUT2D eigenvalue weighted by atomic mass is 16.3. The van der Waals surface area contributed by atoms with Crippen LogP contribution in [0.15, 0.2) is 22.6 Å². The summed E-state index contributed by atoms with van der Waals surface area (Å²) in [6.07, 6.45) is -0.519. The highest BCUT2D eigenvalue weighted by Gasteiger charge is 2.09. The zero-order valence-electron chi connectivity index (χ0n) is 10.1. The number of hydrogen-bond donors (Lipinski definition) is 2. The third-order valence-corrected chi connectivity index (χ3v) is 2.68. The number of oxazole rings is 1. The van der Waals surface area contributed by atoms with Crippen molar-refractivity contribution < 1.29 is 9.52 Å². The number of nitrogens with zero attached hydrogens (tertiary/aromatic N) is 2. The van der Waals surface area contributed by atoms with Crippen LogP contribution in [0, 0.1) is 6.92 Å². The van der Waals surface area contributed by atoms with Crippen LogP contribution < -0.4 is 10.6 Å². The van der Waals surface area contributed by atoms with E-state index in [1.54, 1.807) is 0 Å². The second-order valence-corrected chi connectivity index (χ2v) is 4.15. The van der Waals surface area contributed by atoms with Crippen LogP contribution in [-0.2, 0) is 0 Å². The van der Waals surface area contributed by atoms with E-state index in [9.17, 15) is 5.11 Å². The first kappa shape index (κ1) is 11.9. The number of fused-ring (bicyclic) bond motifs is 1. The lowest BCUT2D eigenvalue weighted by molar-refractivity contribution is 0.189. The van der Waals surface area contributed by atoms with Crippen LogP contribution in [0.1, 0.15) is 5.89 Å². The highest BCUT2D eigenvalue weighted by Crippen LogP contribution is 2.21. The number of aliphatic hydroxyl groups excluding tert-OH is 1. The summed E-state index contributed by atoms with van der Waals surface area (Å²) in [5.74, 6) is 0.654. The fourth-order valence-electron chi connectivity index (χ4n) is 1.76. The lowest BCUT2D eigenvalue weighted by Crippen LogP contribution is -2.34. The van der Waals surface area contributed by atoms with Gasteiger partial charge in [0.1, 0.15) is 5.52 Å². The lowest BCUT2D eigenvalue weighted by Gasteiger charge is -2.21. The molecular weight excluding hydrogens is 218 g/mol. The van der Waals surface area contributed by atoms with E-state index in [4.69, 9.17) is 10.2 Å². The van der Waals surface area contributed by atoms with E-state index in [-0.39, 0.29) is 6.54 Å². The van der Waals surface area contributed by atoms with E-state index in [2.05, 4.69) is 4.98 Å². The molecule has 1 atom stereocenters. The van der Waals surface area contributed by atoms with Crippen molar-refractivity contribution in [2.75, 3.05) is 25.0 Å². The van der Waals surface area contributed by atoms with Crippen LogP contribution >= 0.6 is 0 Å². The number of anilines is 1. The van der Waals surface area contributed by atoms with E-state index in [1.165, 1.54) is 0 Å². The maximum Gasteiger partial charge on any atom is 0.192 e. The van der Waals surface area contributed by atoms with Crippen molar-refractivity contribution in [1.82, 2.24) is 4.98 Å². The Kier molecular flexibility index (Phi) is 3.31. The Morgan fingerprint density at radius 2 is 2.29 bits per heavy atom. The number of aryl methyl sites for hydroxylation is 1. The molecule has 0 spiro atoms. The second-order valence-electron chi connectivity index (χ2n) is 4.15. The quantitative estimate of drug-likeness (QED) is 0.823. The number of hydrogen-bond acceptors (Lipinski definition) is 5. The Morgan fingerprint density at radius 3 is 3.00 bits per heavy atom. The van der Waals surface area contributed by atoms with Gasteiger partial charge >= 0.3 is 0 Å². The zero-order valence-corrected chi connectivity index (χ0v) is 10.1. The Bertz CT molecular complexity index is 509. The van der Waals surface area contributed by atoms with Gasteiger partial charge in [0.2, 0.25) is 0 Å². The standard InChI is InChI=1S/C12H17N3O2/c1-8-14-11-5-9(3-4-12(11)17-8)15(2)7-10(16)6-13/h3-5,10,16H,6-7,13H2,1-2H3. The molecule has 1 unspecified atom stereocenters. The summed E-state index contributed by atoms with van der Waals surface area (Å²) in [5.41, 5.74) is 7.98. The highest BCUT2D eigenvalue weighted by molar-refractivity contribution is 5.77. The number of likely N-dealkylation sites (N-methyl/N-ethyl adjacent to an activating group) is 1. The third kappa shape index (κ3) is 2.57. The Balaban J connectivity index is 2.23. The number of benzene rings is 1. The van der Waals surface area contributed by atoms with E-state index in [1.807, 2.05) is 37.1 Å². The fourth-order valence-corrected chi connectivity index (χ4v) is 1.76. The normalized spacial score (nSPS) is 12.9. The molecule has 0 aliphatic rings. The molecule has 1 aromatic carbocycles. The van der Waals surface area contributed by atoms with E-state index in [0.29, 0.717) is 12.4 Å². The Morgan fingerprint density at radius 1 is 1.53 bits per heavy atom. The fraction of sp³-hybridized carbons (Fsp3) is 0.417. The SMILES string of the molecule is Cc1nc2cc(N(C)CC(O)CN)ccc2o1. The van der Waals surface area contributed by atoms with Crippen molar-refractivity contribution in [3.63, 3.8) is 0 Å². The summed E-state index contributed by atoms with van der Waals surface area (Å²) in [6, 6.07) is 5.77. The lowest BCUT2D eigenvalue weighted by atomic mass is 10.2. The molecule has 2 aromatic rings. The number of nitrogens with two attached hydrogens (primary N) is 1. The van der Waals surface area contributed by atoms with Crippen LogP contribution in [0.3, 0.4) is 0 Å². The van der Waals surface area contributed by atoms with Gasteiger partial charge in [-0.25, -0.2) is 4.98 Å². The predicted octanol–water partition coefficient (Wildman–Crippen LogP) is 0.892. The van der Waals surface area contributed by atoms with Gasteiger partial charge in [0.25, 0.3) is 0 Å². The monoisotopic (exact) mass is 235 g/mol. The molecule has 0 amide bonds. The number of rotatable bonds is 4. The summed E-state index contributed by atoms with van der Waals surface area (Å²) in [4.78, 5) is 6.22. The van der Waals surface area contributed by atoms with Crippen molar-refractivity contribution in [2.24, 2.45) is 5.73 Å². The van der Waals surface area contributed by atoms with Crippen LogP contribution in [0.2, 0.25) is 0 Å². The smallest absolute Gasteiger partial charge is 0.192 e. The van der Waals surface area contributed by atoms with Crippen molar-refractivity contribution in [3.8, 4) is 0 Å². The van der Waals surface area contributed by atoms with Crippen molar-refractivity contribution >= 4 is 16.8 Å². The Labute approximate surface area is 99.8 Å². The molecule has 2 rings (SSSR count). The first-order valence-electron chi connectivity index (χ1n) is 5.56. The summed E-state index contributed by atoms with van der Waals surface area (Å²) in [5, 5.41) is 9.51. The largest absolute Gasteiger partial charge is 0.441 e. The Hall–Kier alpha value is -1.59. The van der Waals surface area contributed by atoms with Crippen LogP contribution in [-0.4, -0.2) is 36.3 Å². The van der Waals surface area contributed by atoms with E-state index < -0.39 is 6.10 Å². The maximum atomic E-state index is 9.51. The molecule has 0 fully saturated rings. The molecule has 3 N–H and O–H groups in total. The van der Waals surface area contributed by atoms with Crippen molar-refractivity contribution in [1.29, 1.82) is 0 Å². The molecule has 0 saturated carbocycles. The zero-order chi connectivity index (χ0) is 12.4. The molecule has 92 valence electrons. The molecular formula is C12H17N3O2. The summed E-state index contributed by atoms with van der Waals surface area (Å²) in [7, 11) is 1.91. The topological polar surface area (TPSA) is 75.5 Å². The maximum absolute atomic E-state index is 9.51. The van der Waals surface area contributed by atoms with Crippen LogP contribution in [0.25, 0.3) is 11.1 Å². The van der Waals surface area contributed by atoms with Gasteiger partial charge in [-0.05, 0) is 18.2 Å². The van der Waals surface area contributed by atoms with Gasteiger partial charge in [-0.1, -0.05) is 0 Å². The first-order valence-corrected chi connectivity index (χ1v) is 5.56. The number of aliphatic hydroxyl groups is 1. The summed E-state index contributed by atoms with van der Waals surface area (Å²) in [6.45, 7) is 2.58. The molecule has 17 heavy (non-hydrogen) atoms. The molecule has 0 bridgehead atoms. The summed E-state index contributed by atoms with van der Waals surface area (Å²) >= 11 is 0. The van der Waals surface area contributed by atoms with Gasteiger partial charge in [-0.3, -0.25) is 0 Å². The minimum atomic E-state index is -0.519. The van der Waals surface area contributed by atoms with Gasteiger partial charge in [-0.2, -0.15) is 0 Å². The van der Waals surface area contributed by atoms with Gasteiger partial charge < -0.3 is 20.2 Å². The molecule has 0 aliphatic heterocycles. The average Bonchev–Trinajstić information content (AvgIpc) is 2.67. The molecule has 0 saturated heterocycles. The van der Waals surface area contributed by atoms with Gasteiger partial charge in [0, 0.05) is 32.7 Å². The third-order valence-electron chi connectivity index (χ3n) is 2.68. The van der Waals surface area contributed by atoms with E-state index >= 15 is 0 Å². The molecule has 0 aliphatic carbocycles. The molecule has 0 radical (unpaired) electrons. The minimum Gasteiger partial charge on any atom is -0.441 e. The van der Waals surface area contributed by atoms with Crippen molar-refractivity contribution in [2.45, 2.75) is 13.0 Å². The van der Waals surface area contributed by atoms with Crippen molar-refractivity contribution in [3.05, 3.63) is 24.1 Å². The number of aromatic nitrogens is 1. The van der Waals surface area contributed by atoms with Gasteiger partial charge in [-0.15, -0.1) is 0 Å². The van der Waals surface area contributed by atoms with Gasteiger partial charge in [0.05, 0.1) is 6.10 Å². The average molecular weight is 235 g/mol. The van der Waals surface area contributed by atoms with Gasteiger partial charge in [0.15, 0.2) is 11.5 Å². The van der Waals surface area contributed by atoms with E-state index in [0.717, 1.165) is 16.8 Å². The second kappa shape index (κ2) is 4.73. The molecule has 1 aromatic heterocycles. The first-order chi connectivity index (χ1) is 8.10. The predicted molar refractivity (Wildman–Crippen MR) is 67.1 cm³/mol. The summed E-state index contributed by atoms with van der Waals surface area (Å²) < 4.78 is 5.41. The molecule has 5 nitrogen and oxygen atoms in total.